The van der Waals surface area contributed by atoms with Crippen LogP contribution in [0.4, 0.5) is 0 Å². The first-order valence-corrected chi connectivity index (χ1v) is 8.52. The highest BCUT2D eigenvalue weighted by molar-refractivity contribution is 7.17. The Morgan fingerprint density at radius 3 is 3.19 bits per heavy atom. The van der Waals surface area contributed by atoms with Crippen LogP contribution in [-0.4, -0.2) is 53.4 Å². The average molecular weight is 301 g/mol. The smallest absolute Gasteiger partial charge is 0.272 e. The largest absolute Gasteiger partial charge is 0.336 e. The second-order valence-corrected chi connectivity index (χ2v) is 7.04. The van der Waals surface area contributed by atoms with Crippen molar-refractivity contribution >= 4 is 27.3 Å². The summed E-state index contributed by atoms with van der Waals surface area (Å²) in [5, 5.41) is 3.17. The van der Waals surface area contributed by atoms with Gasteiger partial charge in [-0.2, -0.15) is 0 Å². The van der Waals surface area contributed by atoms with Gasteiger partial charge < -0.3 is 9.80 Å². The van der Waals surface area contributed by atoms with Gasteiger partial charge in [-0.3, -0.25) is 4.79 Å². The van der Waals surface area contributed by atoms with Crippen molar-refractivity contribution < 1.29 is 4.79 Å². The summed E-state index contributed by atoms with van der Waals surface area (Å²) < 4.78 is 1.14. The molecule has 0 radical (unpaired) electrons. The number of piperidine rings is 1. The number of nitrogens with zero attached hydrogens (tertiary/aromatic N) is 3. The zero-order chi connectivity index (χ0) is 14.2. The lowest BCUT2D eigenvalue weighted by atomic mass is 9.98. The highest BCUT2D eigenvalue weighted by Crippen LogP contribution is 2.23. The first-order valence-electron chi connectivity index (χ1n) is 7.64. The van der Waals surface area contributed by atoms with E-state index in [0.29, 0.717) is 11.6 Å². The minimum atomic E-state index is 0.0943. The number of rotatable bonds is 1. The quantitative estimate of drug-likeness (QED) is 0.812. The number of pyridine rings is 1. The number of fused-ring (bicyclic) bond motifs is 3. The van der Waals surface area contributed by atoms with Gasteiger partial charge in [0, 0.05) is 32.4 Å². The molecular weight excluding hydrogens is 282 g/mol. The molecule has 1 amide bonds. The van der Waals surface area contributed by atoms with E-state index in [1.165, 1.54) is 19.4 Å². The van der Waals surface area contributed by atoms with Crippen molar-refractivity contribution in [1.82, 2.24) is 14.8 Å². The second-order valence-electron chi connectivity index (χ2n) is 6.09. The number of thiophene rings is 1. The molecule has 21 heavy (non-hydrogen) atoms. The van der Waals surface area contributed by atoms with E-state index in [2.05, 4.69) is 16.0 Å². The van der Waals surface area contributed by atoms with E-state index in [1.807, 2.05) is 22.5 Å². The zero-order valence-electron chi connectivity index (χ0n) is 12.0. The van der Waals surface area contributed by atoms with Crippen LogP contribution in [0, 0.1) is 5.92 Å². The summed E-state index contributed by atoms with van der Waals surface area (Å²) >= 11 is 1.67. The Labute approximate surface area is 128 Å². The van der Waals surface area contributed by atoms with Crippen LogP contribution in [0.15, 0.2) is 23.7 Å². The van der Waals surface area contributed by atoms with Crippen molar-refractivity contribution in [2.45, 2.75) is 12.8 Å². The standard InChI is InChI=1S/C16H19N3OS/c20-16(14-8-13-3-7-21-15(13)9-17-14)19-6-5-18-4-1-2-12(10-18)11-19/h3,7-9,12H,1-2,4-6,10-11H2. The van der Waals surface area contributed by atoms with Gasteiger partial charge in [0.1, 0.15) is 5.69 Å². The summed E-state index contributed by atoms with van der Waals surface area (Å²) in [6.45, 7) is 5.07. The zero-order valence-corrected chi connectivity index (χ0v) is 12.8. The van der Waals surface area contributed by atoms with Gasteiger partial charge in [0.2, 0.25) is 0 Å². The van der Waals surface area contributed by atoms with Crippen molar-refractivity contribution in [2.24, 2.45) is 5.92 Å². The van der Waals surface area contributed by atoms with E-state index in [-0.39, 0.29) is 5.91 Å². The summed E-state index contributed by atoms with van der Waals surface area (Å²) in [6.07, 6.45) is 4.34. The number of carbonyl (C=O) groups is 1. The first-order chi connectivity index (χ1) is 10.3. The molecule has 0 aliphatic carbocycles. The topological polar surface area (TPSA) is 36.4 Å². The fourth-order valence-corrected chi connectivity index (χ4v) is 4.24. The Bertz CT molecular complexity index is 668. The summed E-state index contributed by atoms with van der Waals surface area (Å²) in [6, 6.07) is 3.99. The molecule has 4 heterocycles. The fourth-order valence-electron chi connectivity index (χ4n) is 3.50. The van der Waals surface area contributed by atoms with Gasteiger partial charge >= 0.3 is 0 Å². The van der Waals surface area contributed by atoms with Crippen LogP contribution in [-0.2, 0) is 0 Å². The molecule has 4 nitrogen and oxygen atoms in total. The van der Waals surface area contributed by atoms with Crippen molar-refractivity contribution in [3.8, 4) is 0 Å². The molecule has 2 fully saturated rings. The molecule has 0 N–H and O–H groups in total. The van der Waals surface area contributed by atoms with Crippen LogP contribution in [0.2, 0.25) is 0 Å². The van der Waals surface area contributed by atoms with Gasteiger partial charge in [0.25, 0.3) is 5.91 Å². The van der Waals surface area contributed by atoms with Gasteiger partial charge in [-0.05, 0) is 48.2 Å². The van der Waals surface area contributed by atoms with E-state index in [4.69, 9.17) is 0 Å². The maximum absolute atomic E-state index is 12.8. The Kier molecular flexibility index (Phi) is 3.39. The SMILES string of the molecule is O=C(c1cc2ccsc2cn1)N1CCN2CCCC(C2)C1. The number of aromatic nitrogens is 1. The molecule has 5 heteroatoms. The molecule has 2 aromatic heterocycles. The molecule has 2 atom stereocenters. The molecule has 2 aliphatic heterocycles. The molecular formula is C16H19N3OS. The lowest BCUT2D eigenvalue weighted by Gasteiger charge is -2.29. The molecule has 0 saturated carbocycles. The molecule has 2 aliphatic rings. The molecule has 2 saturated heterocycles. The number of amides is 1. The molecule has 0 spiro atoms. The lowest BCUT2D eigenvalue weighted by Crippen LogP contribution is -2.36. The third-order valence-electron chi connectivity index (χ3n) is 4.61. The normalized spacial score (nSPS) is 25.8. The Morgan fingerprint density at radius 2 is 2.24 bits per heavy atom. The monoisotopic (exact) mass is 301 g/mol. The van der Waals surface area contributed by atoms with E-state index >= 15 is 0 Å². The third-order valence-corrected chi connectivity index (χ3v) is 5.48. The van der Waals surface area contributed by atoms with E-state index in [9.17, 15) is 4.79 Å². The van der Waals surface area contributed by atoms with Crippen LogP contribution < -0.4 is 0 Å². The van der Waals surface area contributed by atoms with Gasteiger partial charge in [-0.15, -0.1) is 11.3 Å². The Balaban J connectivity index is 1.58. The van der Waals surface area contributed by atoms with Gasteiger partial charge in [0.15, 0.2) is 0 Å². The number of carbonyl (C=O) groups excluding carboxylic acids is 1. The average Bonchev–Trinajstić information content (AvgIpc) is 2.93. The molecule has 2 bridgehead atoms. The summed E-state index contributed by atoms with van der Waals surface area (Å²) in [5.74, 6) is 0.729. The van der Waals surface area contributed by atoms with Crippen molar-refractivity contribution in [2.75, 3.05) is 32.7 Å². The Morgan fingerprint density at radius 1 is 1.29 bits per heavy atom. The molecule has 4 rings (SSSR count). The van der Waals surface area contributed by atoms with Gasteiger partial charge in [0.05, 0.1) is 4.70 Å². The van der Waals surface area contributed by atoms with E-state index in [1.54, 1.807) is 11.3 Å². The highest BCUT2D eigenvalue weighted by atomic mass is 32.1. The summed E-state index contributed by atoms with van der Waals surface area (Å²) in [7, 11) is 0. The Hall–Kier alpha value is -1.46. The van der Waals surface area contributed by atoms with Crippen molar-refractivity contribution in [3.63, 3.8) is 0 Å². The first kappa shape index (κ1) is 13.2. The number of hydrogen-bond acceptors (Lipinski definition) is 4. The maximum Gasteiger partial charge on any atom is 0.272 e. The minimum Gasteiger partial charge on any atom is -0.336 e. The fraction of sp³-hybridized carbons (Fsp3) is 0.500. The lowest BCUT2D eigenvalue weighted by molar-refractivity contribution is 0.0740. The maximum atomic E-state index is 12.8. The third kappa shape index (κ3) is 2.56. The van der Waals surface area contributed by atoms with E-state index in [0.717, 1.165) is 36.3 Å². The van der Waals surface area contributed by atoms with Crippen LogP contribution in [0.5, 0.6) is 0 Å². The molecule has 0 aromatic carbocycles. The molecule has 2 aromatic rings. The predicted molar refractivity (Wildman–Crippen MR) is 84.7 cm³/mol. The van der Waals surface area contributed by atoms with Gasteiger partial charge in [-0.25, -0.2) is 4.98 Å². The van der Waals surface area contributed by atoms with E-state index < -0.39 is 0 Å². The molecule has 2 unspecified atom stereocenters. The predicted octanol–water partition coefficient (Wildman–Crippen LogP) is 2.46. The van der Waals surface area contributed by atoms with Crippen LogP contribution >= 0.6 is 11.3 Å². The second kappa shape index (κ2) is 5.39. The highest BCUT2D eigenvalue weighted by Gasteiger charge is 2.29. The van der Waals surface area contributed by atoms with Crippen molar-refractivity contribution in [3.05, 3.63) is 29.4 Å². The number of hydrogen-bond donors (Lipinski definition) is 0. The molecule has 110 valence electrons. The van der Waals surface area contributed by atoms with Gasteiger partial charge in [-0.1, -0.05) is 0 Å². The van der Waals surface area contributed by atoms with Crippen LogP contribution in [0.3, 0.4) is 0 Å². The van der Waals surface area contributed by atoms with Crippen molar-refractivity contribution in [1.29, 1.82) is 0 Å². The van der Waals surface area contributed by atoms with Crippen LogP contribution in [0.25, 0.3) is 10.1 Å². The van der Waals surface area contributed by atoms with Crippen LogP contribution in [0.1, 0.15) is 23.3 Å². The minimum absolute atomic E-state index is 0.0943. The summed E-state index contributed by atoms with van der Waals surface area (Å²) in [5.41, 5.74) is 0.590. The summed E-state index contributed by atoms with van der Waals surface area (Å²) in [4.78, 5) is 21.6.